The van der Waals surface area contributed by atoms with Crippen LogP contribution in [0.4, 0.5) is 0 Å². The van der Waals surface area contributed by atoms with E-state index in [-0.39, 0.29) is 0 Å². The fraction of sp³-hybridized carbons (Fsp3) is 0.429. The van der Waals surface area contributed by atoms with Crippen LogP contribution >= 0.6 is 11.3 Å². The molecule has 1 N–H and O–H groups in total. The number of thiazole rings is 1. The number of aromatic nitrogens is 2. The maximum atomic E-state index is 4.52. The zero-order chi connectivity index (χ0) is 13.1. The van der Waals surface area contributed by atoms with Gasteiger partial charge >= 0.3 is 0 Å². The fourth-order valence-corrected chi connectivity index (χ4v) is 3.32. The molecule has 0 amide bonds. The van der Waals surface area contributed by atoms with Crippen LogP contribution in [0.15, 0.2) is 30.6 Å². The molecular weight excluding hydrogens is 256 g/mol. The summed E-state index contributed by atoms with van der Waals surface area (Å²) in [5.74, 6) is 0. The van der Waals surface area contributed by atoms with Gasteiger partial charge in [-0.2, -0.15) is 0 Å². The molecule has 0 aliphatic carbocycles. The minimum Gasteiger partial charge on any atom is -0.314 e. The minimum atomic E-state index is 0.442. The van der Waals surface area contributed by atoms with E-state index in [9.17, 15) is 0 Å². The first kappa shape index (κ1) is 12.7. The summed E-state index contributed by atoms with van der Waals surface area (Å²) in [6, 6.07) is 6.39. The Morgan fingerprint density at radius 1 is 1.26 bits per heavy atom. The predicted molar refractivity (Wildman–Crippen MR) is 78.2 cm³/mol. The summed E-state index contributed by atoms with van der Waals surface area (Å²) >= 11 is 1.75. The van der Waals surface area contributed by atoms with Gasteiger partial charge in [0, 0.05) is 49.5 Å². The number of piperazine rings is 1. The number of hydrogen-bond donors (Lipinski definition) is 1. The van der Waals surface area contributed by atoms with Crippen LogP contribution < -0.4 is 5.32 Å². The van der Waals surface area contributed by atoms with Gasteiger partial charge in [-0.05, 0) is 19.1 Å². The van der Waals surface area contributed by atoms with E-state index < -0.39 is 0 Å². The summed E-state index contributed by atoms with van der Waals surface area (Å²) in [4.78, 5) is 12.7. The summed E-state index contributed by atoms with van der Waals surface area (Å²) in [5.41, 5.74) is 0.964. The number of pyridine rings is 1. The van der Waals surface area contributed by atoms with Crippen LogP contribution in [0.25, 0.3) is 10.7 Å². The Labute approximate surface area is 117 Å². The predicted octanol–water partition coefficient (Wildman–Crippen LogP) is 2.17. The van der Waals surface area contributed by atoms with Gasteiger partial charge in [-0.1, -0.05) is 6.07 Å². The van der Waals surface area contributed by atoms with E-state index in [1.54, 1.807) is 11.3 Å². The zero-order valence-corrected chi connectivity index (χ0v) is 11.9. The van der Waals surface area contributed by atoms with E-state index in [0.29, 0.717) is 6.04 Å². The Balaban J connectivity index is 1.77. The van der Waals surface area contributed by atoms with Crippen molar-refractivity contribution in [3.63, 3.8) is 0 Å². The molecular formula is C14H18N4S. The molecule has 1 aliphatic heterocycles. The molecule has 4 nitrogen and oxygen atoms in total. The average Bonchev–Trinajstić information content (AvgIpc) is 2.98. The lowest BCUT2D eigenvalue weighted by atomic mass is 10.2. The summed E-state index contributed by atoms with van der Waals surface area (Å²) < 4.78 is 0. The Hall–Kier alpha value is -1.30. The van der Waals surface area contributed by atoms with Crippen molar-refractivity contribution in [2.24, 2.45) is 0 Å². The molecule has 0 bridgehead atoms. The monoisotopic (exact) mass is 274 g/mol. The van der Waals surface area contributed by atoms with E-state index in [1.165, 1.54) is 4.88 Å². The topological polar surface area (TPSA) is 41.1 Å². The van der Waals surface area contributed by atoms with Crippen LogP contribution in [-0.4, -0.2) is 41.0 Å². The summed E-state index contributed by atoms with van der Waals surface area (Å²) in [6.45, 7) is 6.64. The number of nitrogens with zero attached hydrogens (tertiary/aromatic N) is 3. The van der Waals surface area contributed by atoms with Gasteiger partial charge in [-0.15, -0.1) is 11.3 Å². The normalized spacial score (nSPS) is 18.4. The molecule has 1 fully saturated rings. The SMILES string of the molecule is CC(c1cnc(-c2ccccn2)s1)N1CCNCC1. The molecule has 1 unspecified atom stereocenters. The minimum absolute atomic E-state index is 0.442. The maximum absolute atomic E-state index is 4.52. The van der Waals surface area contributed by atoms with Gasteiger partial charge in [0.15, 0.2) is 0 Å². The average molecular weight is 274 g/mol. The quantitative estimate of drug-likeness (QED) is 0.931. The molecule has 3 rings (SSSR count). The van der Waals surface area contributed by atoms with Crippen LogP contribution in [0.3, 0.4) is 0 Å². The first-order valence-electron chi connectivity index (χ1n) is 6.66. The fourth-order valence-electron chi connectivity index (χ4n) is 2.34. The molecule has 1 aliphatic rings. The number of nitrogens with one attached hydrogen (secondary N) is 1. The molecule has 1 saturated heterocycles. The van der Waals surface area contributed by atoms with Gasteiger partial charge < -0.3 is 5.32 Å². The van der Waals surface area contributed by atoms with Crippen molar-refractivity contribution in [2.45, 2.75) is 13.0 Å². The van der Waals surface area contributed by atoms with Crippen LogP contribution in [0.1, 0.15) is 17.8 Å². The Morgan fingerprint density at radius 2 is 2.11 bits per heavy atom. The molecule has 0 saturated carbocycles. The second kappa shape index (κ2) is 5.77. The first-order valence-corrected chi connectivity index (χ1v) is 7.48. The summed E-state index contributed by atoms with van der Waals surface area (Å²) in [6.07, 6.45) is 3.82. The summed E-state index contributed by atoms with van der Waals surface area (Å²) in [7, 11) is 0. The summed E-state index contributed by atoms with van der Waals surface area (Å²) in [5, 5.41) is 4.40. The third kappa shape index (κ3) is 2.83. The molecule has 19 heavy (non-hydrogen) atoms. The van der Waals surface area contributed by atoms with E-state index in [1.807, 2.05) is 30.6 Å². The maximum Gasteiger partial charge on any atom is 0.142 e. The van der Waals surface area contributed by atoms with Crippen molar-refractivity contribution in [2.75, 3.05) is 26.2 Å². The highest BCUT2D eigenvalue weighted by molar-refractivity contribution is 7.15. The molecule has 1 atom stereocenters. The third-order valence-corrected chi connectivity index (χ3v) is 4.71. The second-order valence-corrected chi connectivity index (χ2v) is 5.81. The molecule has 0 spiro atoms. The van der Waals surface area contributed by atoms with Gasteiger partial charge in [0.25, 0.3) is 0 Å². The molecule has 2 aromatic heterocycles. The van der Waals surface area contributed by atoms with Gasteiger partial charge in [0.1, 0.15) is 5.01 Å². The lowest BCUT2D eigenvalue weighted by Crippen LogP contribution is -2.44. The molecule has 3 heterocycles. The number of hydrogen-bond acceptors (Lipinski definition) is 5. The largest absolute Gasteiger partial charge is 0.314 e. The Bertz CT molecular complexity index is 519. The first-order chi connectivity index (χ1) is 9.34. The molecule has 0 aromatic carbocycles. The van der Waals surface area contributed by atoms with Gasteiger partial charge in [-0.3, -0.25) is 9.88 Å². The number of rotatable bonds is 3. The lowest BCUT2D eigenvalue weighted by molar-refractivity contribution is 0.188. The molecule has 0 radical (unpaired) electrons. The van der Waals surface area contributed by atoms with E-state index in [4.69, 9.17) is 0 Å². The van der Waals surface area contributed by atoms with Crippen molar-refractivity contribution >= 4 is 11.3 Å². The van der Waals surface area contributed by atoms with E-state index in [2.05, 4.69) is 27.1 Å². The van der Waals surface area contributed by atoms with E-state index >= 15 is 0 Å². The van der Waals surface area contributed by atoms with E-state index in [0.717, 1.165) is 36.9 Å². The van der Waals surface area contributed by atoms with Gasteiger partial charge in [-0.25, -0.2) is 4.98 Å². The van der Waals surface area contributed by atoms with Crippen molar-refractivity contribution in [3.8, 4) is 10.7 Å². The smallest absolute Gasteiger partial charge is 0.142 e. The van der Waals surface area contributed by atoms with Crippen molar-refractivity contribution in [1.29, 1.82) is 0 Å². The Morgan fingerprint density at radius 3 is 2.84 bits per heavy atom. The third-order valence-electron chi connectivity index (χ3n) is 3.52. The van der Waals surface area contributed by atoms with Gasteiger partial charge in [0.05, 0.1) is 5.69 Å². The second-order valence-electron chi connectivity index (χ2n) is 4.74. The molecule has 100 valence electrons. The van der Waals surface area contributed by atoms with Crippen LogP contribution in [0, 0.1) is 0 Å². The van der Waals surface area contributed by atoms with Crippen LogP contribution in [0.5, 0.6) is 0 Å². The van der Waals surface area contributed by atoms with Crippen molar-refractivity contribution < 1.29 is 0 Å². The Kier molecular flexibility index (Phi) is 3.87. The lowest BCUT2D eigenvalue weighted by Gasteiger charge is -2.31. The standard InChI is InChI=1S/C14H18N4S/c1-11(18-8-6-15-7-9-18)13-10-17-14(19-13)12-4-2-3-5-16-12/h2-5,10-11,15H,6-9H2,1H3. The molecule has 5 heteroatoms. The highest BCUT2D eigenvalue weighted by Crippen LogP contribution is 2.30. The van der Waals surface area contributed by atoms with Crippen molar-refractivity contribution in [1.82, 2.24) is 20.2 Å². The zero-order valence-electron chi connectivity index (χ0n) is 11.0. The van der Waals surface area contributed by atoms with Crippen molar-refractivity contribution in [3.05, 3.63) is 35.5 Å². The van der Waals surface area contributed by atoms with Crippen LogP contribution in [0.2, 0.25) is 0 Å². The highest BCUT2D eigenvalue weighted by Gasteiger charge is 2.20. The molecule has 2 aromatic rings. The highest BCUT2D eigenvalue weighted by atomic mass is 32.1. The van der Waals surface area contributed by atoms with Crippen LogP contribution in [-0.2, 0) is 0 Å². The van der Waals surface area contributed by atoms with Gasteiger partial charge in [0.2, 0.25) is 0 Å².